The molecule has 0 atom stereocenters. The molecule has 2 heterocycles. The molecular weight excluding hydrogens is 536 g/mol. The molecule has 5 heteroatoms. The molecule has 1 amide bonds. The molecule has 38 heavy (non-hydrogen) atoms. The standard InChI is InChI=1S/C33H23BrN2O2/c34-26-13-11-24(12-14-26)32-20-19-30(38-32)21-25-22-31(23-7-3-1-4-8-23)36(33(25)37)29-17-15-28(16-18-29)35-27-9-5-2-6-10-27/h1-22,35H. The largest absolute Gasteiger partial charge is 0.457 e. The number of nitrogens with zero attached hydrogens (tertiary/aromatic N) is 1. The molecule has 4 nitrogen and oxygen atoms in total. The summed E-state index contributed by atoms with van der Waals surface area (Å²) in [5.74, 6) is 1.27. The molecule has 0 bridgehead atoms. The average Bonchev–Trinajstić information content (AvgIpc) is 3.55. The molecule has 0 saturated carbocycles. The molecular formula is C33H23BrN2O2. The minimum atomic E-state index is -0.103. The Labute approximate surface area is 229 Å². The van der Waals surface area contributed by atoms with Crippen LogP contribution in [-0.4, -0.2) is 5.91 Å². The van der Waals surface area contributed by atoms with Gasteiger partial charge in [-0.1, -0.05) is 76.6 Å². The summed E-state index contributed by atoms with van der Waals surface area (Å²) in [7, 11) is 0. The summed E-state index contributed by atoms with van der Waals surface area (Å²) >= 11 is 3.46. The minimum absolute atomic E-state index is 0.103. The Morgan fingerprint density at radius 2 is 1.34 bits per heavy atom. The van der Waals surface area contributed by atoms with E-state index in [0.717, 1.165) is 44.1 Å². The Morgan fingerprint density at radius 1 is 0.684 bits per heavy atom. The molecule has 6 rings (SSSR count). The number of hydrogen-bond donors (Lipinski definition) is 1. The summed E-state index contributed by atoms with van der Waals surface area (Å²) < 4.78 is 7.08. The zero-order valence-corrected chi connectivity index (χ0v) is 21.9. The first kappa shape index (κ1) is 23.8. The van der Waals surface area contributed by atoms with E-state index in [4.69, 9.17) is 4.42 Å². The number of rotatable bonds is 6. The van der Waals surface area contributed by atoms with Gasteiger partial charge in [0.15, 0.2) is 0 Å². The lowest BCUT2D eigenvalue weighted by atomic mass is 10.1. The zero-order chi connectivity index (χ0) is 25.9. The van der Waals surface area contributed by atoms with Gasteiger partial charge in [0.25, 0.3) is 5.91 Å². The van der Waals surface area contributed by atoms with E-state index >= 15 is 0 Å². The summed E-state index contributed by atoms with van der Waals surface area (Å²) in [6.07, 6.45) is 3.73. The number of carbonyl (C=O) groups excluding carboxylic acids is 1. The Balaban J connectivity index is 1.32. The van der Waals surface area contributed by atoms with Gasteiger partial charge in [0, 0.05) is 32.7 Å². The Hall–Kier alpha value is -4.61. The highest BCUT2D eigenvalue weighted by Crippen LogP contribution is 2.36. The van der Waals surface area contributed by atoms with Crippen molar-refractivity contribution >= 4 is 50.7 Å². The molecule has 4 aromatic carbocycles. The maximum absolute atomic E-state index is 13.7. The monoisotopic (exact) mass is 558 g/mol. The van der Waals surface area contributed by atoms with Crippen molar-refractivity contribution in [3.63, 3.8) is 0 Å². The second kappa shape index (κ2) is 10.4. The number of nitrogens with one attached hydrogen (secondary N) is 1. The lowest BCUT2D eigenvalue weighted by Crippen LogP contribution is -2.24. The van der Waals surface area contributed by atoms with Crippen molar-refractivity contribution in [2.75, 3.05) is 10.2 Å². The van der Waals surface area contributed by atoms with Gasteiger partial charge in [-0.3, -0.25) is 9.69 Å². The van der Waals surface area contributed by atoms with Gasteiger partial charge in [-0.25, -0.2) is 0 Å². The number of amides is 1. The summed E-state index contributed by atoms with van der Waals surface area (Å²) in [6.45, 7) is 0. The van der Waals surface area contributed by atoms with E-state index in [1.54, 1.807) is 11.0 Å². The second-order valence-corrected chi connectivity index (χ2v) is 9.80. The normalized spacial score (nSPS) is 14.1. The van der Waals surface area contributed by atoms with Gasteiger partial charge in [-0.05, 0) is 78.4 Å². The maximum atomic E-state index is 13.7. The third-order valence-corrected chi connectivity index (χ3v) is 6.82. The van der Waals surface area contributed by atoms with Crippen LogP contribution in [0.3, 0.4) is 0 Å². The van der Waals surface area contributed by atoms with Crippen molar-refractivity contribution in [3.05, 3.63) is 149 Å². The highest BCUT2D eigenvalue weighted by Gasteiger charge is 2.30. The van der Waals surface area contributed by atoms with Crippen LogP contribution in [0.2, 0.25) is 0 Å². The molecule has 184 valence electrons. The number of benzene rings is 4. The maximum Gasteiger partial charge on any atom is 0.263 e. The molecule has 0 unspecified atom stereocenters. The minimum Gasteiger partial charge on any atom is -0.457 e. The van der Waals surface area contributed by atoms with Crippen LogP contribution in [0, 0.1) is 0 Å². The van der Waals surface area contributed by atoms with Crippen LogP contribution < -0.4 is 10.2 Å². The molecule has 1 aliphatic heterocycles. The van der Waals surface area contributed by atoms with Crippen molar-refractivity contribution in [1.29, 1.82) is 0 Å². The fourth-order valence-corrected chi connectivity index (χ4v) is 4.69. The number of anilines is 3. The first-order chi connectivity index (χ1) is 18.6. The third kappa shape index (κ3) is 4.97. The summed E-state index contributed by atoms with van der Waals surface area (Å²) in [6, 6.07) is 39.6. The SMILES string of the molecule is O=C1C(=Cc2ccc(-c3ccc(Br)cc3)o2)C=C(c2ccccc2)N1c1ccc(Nc2ccccc2)cc1. The van der Waals surface area contributed by atoms with Gasteiger partial charge in [0.05, 0.1) is 5.70 Å². The van der Waals surface area contributed by atoms with Crippen LogP contribution in [0.5, 0.6) is 0 Å². The molecule has 0 radical (unpaired) electrons. The van der Waals surface area contributed by atoms with Crippen LogP contribution in [0.25, 0.3) is 23.1 Å². The highest BCUT2D eigenvalue weighted by molar-refractivity contribution is 9.10. The van der Waals surface area contributed by atoms with Crippen molar-refractivity contribution in [3.8, 4) is 11.3 Å². The van der Waals surface area contributed by atoms with Crippen LogP contribution in [0.1, 0.15) is 11.3 Å². The van der Waals surface area contributed by atoms with Gasteiger partial charge in [-0.15, -0.1) is 0 Å². The predicted octanol–water partition coefficient (Wildman–Crippen LogP) is 8.92. The first-order valence-corrected chi connectivity index (χ1v) is 13.0. The molecule has 0 fully saturated rings. The summed E-state index contributed by atoms with van der Waals surface area (Å²) in [5.41, 5.74) is 6.07. The fourth-order valence-electron chi connectivity index (χ4n) is 4.43. The summed E-state index contributed by atoms with van der Waals surface area (Å²) in [4.78, 5) is 15.5. The quantitative estimate of drug-likeness (QED) is 0.211. The van der Waals surface area contributed by atoms with Gasteiger partial charge in [-0.2, -0.15) is 0 Å². The third-order valence-electron chi connectivity index (χ3n) is 6.29. The van der Waals surface area contributed by atoms with Crippen LogP contribution in [0.15, 0.2) is 142 Å². The Morgan fingerprint density at radius 3 is 2.05 bits per heavy atom. The number of hydrogen-bond acceptors (Lipinski definition) is 3. The molecule has 0 spiro atoms. The zero-order valence-electron chi connectivity index (χ0n) is 20.3. The number of carbonyl (C=O) groups is 1. The van der Waals surface area contributed by atoms with Gasteiger partial charge in [0.2, 0.25) is 0 Å². The van der Waals surface area contributed by atoms with Crippen molar-refractivity contribution in [2.24, 2.45) is 0 Å². The molecule has 5 aromatic rings. The first-order valence-electron chi connectivity index (χ1n) is 12.3. The van der Waals surface area contributed by atoms with E-state index in [1.165, 1.54) is 0 Å². The van der Waals surface area contributed by atoms with E-state index in [1.807, 2.05) is 127 Å². The van der Waals surface area contributed by atoms with E-state index < -0.39 is 0 Å². The van der Waals surface area contributed by atoms with E-state index in [9.17, 15) is 4.79 Å². The Bertz CT molecular complexity index is 1640. The summed E-state index contributed by atoms with van der Waals surface area (Å²) in [5, 5.41) is 3.39. The van der Waals surface area contributed by atoms with Crippen LogP contribution in [0.4, 0.5) is 17.1 Å². The smallest absolute Gasteiger partial charge is 0.263 e. The van der Waals surface area contributed by atoms with E-state index in [2.05, 4.69) is 21.2 Å². The topological polar surface area (TPSA) is 45.5 Å². The highest BCUT2D eigenvalue weighted by atomic mass is 79.9. The van der Waals surface area contributed by atoms with Crippen molar-refractivity contribution < 1.29 is 9.21 Å². The predicted molar refractivity (Wildman–Crippen MR) is 158 cm³/mol. The van der Waals surface area contributed by atoms with Crippen molar-refractivity contribution in [2.45, 2.75) is 0 Å². The van der Waals surface area contributed by atoms with E-state index in [-0.39, 0.29) is 5.91 Å². The lowest BCUT2D eigenvalue weighted by molar-refractivity contribution is -0.113. The molecule has 0 saturated heterocycles. The van der Waals surface area contributed by atoms with Crippen molar-refractivity contribution in [1.82, 2.24) is 0 Å². The van der Waals surface area contributed by atoms with Gasteiger partial charge in [0.1, 0.15) is 11.5 Å². The van der Waals surface area contributed by atoms with Crippen LogP contribution >= 0.6 is 15.9 Å². The molecule has 1 aliphatic rings. The Kier molecular flexibility index (Phi) is 6.51. The van der Waals surface area contributed by atoms with E-state index in [0.29, 0.717) is 11.3 Å². The number of halogens is 1. The molecule has 0 aliphatic carbocycles. The average molecular weight is 559 g/mol. The molecule has 1 aromatic heterocycles. The van der Waals surface area contributed by atoms with Gasteiger partial charge >= 0.3 is 0 Å². The van der Waals surface area contributed by atoms with Crippen LogP contribution in [-0.2, 0) is 4.79 Å². The second-order valence-electron chi connectivity index (χ2n) is 8.88. The molecule has 1 N–H and O–H groups in total. The van der Waals surface area contributed by atoms with Gasteiger partial charge < -0.3 is 9.73 Å². The lowest BCUT2D eigenvalue weighted by Gasteiger charge is -2.21. The number of furan rings is 1. The number of para-hydroxylation sites is 1. The fraction of sp³-hybridized carbons (Fsp3) is 0.